The quantitative estimate of drug-likeness (QED) is 0.783. The number of hydrogen-bond acceptors (Lipinski definition) is 5. The van der Waals surface area contributed by atoms with Crippen molar-refractivity contribution in [3.63, 3.8) is 0 Å². The number of benzene rings is 1. The van der Waals surface area contributed by atoms with Crippen molar-refractivity contribution in [1.29, 1.82) is 0 Å². The molecular weight excluding hydrogens is 322 g/mol. The van der Waals surface area contributed by atoms with Crippen LogP contribution in [0.5, 0.6) is 0 Å². The lowest BCUT2D eigenvalue weighted by Gasteiger charge is -2.38. The topological polar surface area (TPSA) is 72.9 Å². The van der Waals surface area contributed by atoms with E-state index in [0.29, 0.717) is 18.4 Å². The van der Waals surface area contributed by atoms with Crippen LogP contribution in [-0.2, 0) is 14.3 Å². The van der Waals surface area contributed by atoms with Gasteiger partial charge >= 0.3 is 11.9 Å². The first kappa shape index (κ1) is 19.0. The van der Waals surface area contributed by atoms with Gasteiger partial charge in [0.2, 0.25) is 0 Å². The van der Waals surface area contributed by atoms with E-state index in [1.807, 2.05) is 6.92 Å². The summed E-state index contributed by atoms with van der Waals surface area (Å²) in [6.45, 7) is 2.04. The molecule has 1 fully saturated rings. The van der Waals surface area contributed by atoms with Crippen molar-refractivity contribution < 1.29 is 23.9 Å². The highest BCUT2D eigenvalue weighted by atomic mass is 16.5. The van der Waals surface area contributed by atoms with Crippen LogP contribution < -0.4 is 0 Å². The fraction of sp³-hybridized carbons (Fsp3) is 0.526. The Morgan fingerprint density at radius 2 is 1.68 bits per heavy atom. The zero-order valence-electron chi connectivity index (χ0n) is 15.2. The third-order valence-electron chi connectivity index (χ3n) is 5.04. The average Bonchev–Trinajstić information content (AvgIpc) is 2.65. The molecule has 1 aliphatic carbocycles. The lowest BCUT2D eigenvalue weighted by atomic mass is 9.78. The minimum atomic E-state index is -0.528. The van der Waals surface area contributed by atoms with Gasteiger partial charge in [0.15, 0.2) is 0 Å². The molecule has 6 heteroatoms. The van der Waals surface area contributed by atoms with Crippen molar-refractivity contribution in [1.82, 2.24) is 4.90 Å². The Kier molecular flexibility index (Phi) is 6.17. The Balaban J connectivity index is 2.16. The number of hydrogen-bond donors (Lipinski definition) is 0. The normalized spacial score (nSPS) is 22.8. The molecule has 1 amide bonds. The van der Waals surface area contributed by atoms with E-state index in [1.165, 1.54) is 14.2 Å². The van der Waals surface area contributed by atoms with Gasteiger partial charge in [-0.1, -0.05) is 19.1 Å². The van der Waals surface area contributed by atoms with Crippen molar-refractivity contribution in [2.24, 2.45) is 11.8 Å². The second-order valence-corrected chi connectivity index (χ2v) is 6.53. The number of carbonyl (C=O) groups is 3. The van der Waals surface area contributed by atoms with E-state index in [2.05, 4.69) is 0 Å². The van der Waals surface area contributed by atoms with Crippen LogP contribution in [-0.4, -0.2) is 50.1 Å². The molecule has 0 aliphatic heterocycles. The van der Waals surface area contributed by atoms with Gasteiger partial charge < -0.3 is 14.4 Å². The van der Waals surface area contributed by atoms with E-state index in [1.54, 1.807) is 36.2 Å². The molecule has 25 heavy (non-hydrogen) atoms. The molecule has 6 nitrogen and oxygen atoms in total. The van der Waals surface area contributed by atoms with Crippen molar-refractivity contribution >= 4 is 17.8 Å². The fourth-order valence-corrected chi connectivity index (χ4v) is 3.63. The van der Waals surface area contributed by atoms with Gasteiger partial charge in [-0.25, -0.2) is 4.79 Å². The number of rotatable bonds is 4. The first-order chi connectivity index (χ1) is 11.9. The first-order valence-electron chi connectivity index (χ1n) is 8.43. The maximum absolute atomic E-state index is 12.9. The molecule has 136 valence electrons. The maximum Gasteiger partial charge on any atom is 0.338 e. The van der Waals surface area contributed by atoms with Gasteiger partial charge in [-0.3, -0.25) is 9.59 Å². The molecule has 0 radical (unpaired) electrons. The number of carbonyl (C=O) groups excluding carboxylic acids is 3. The zero-order chi connectivity index (χ0) is 18.6. The molecule has 0 heterocycles. The van der Waals surface area contributed by atoms with Crippen LogP contribution >= 0.6 is 0 Å². The Hall–Kier alpha value is -2.37. The number of ether oxygens (including phenoxy) is 2. The van der Waals surface area contributed by atoms with E-state index in [9.17, 15) is 14.4 Å². The van der Waals surface area contributed by atoms with E-state index >= 15 is 0 Å². The fourth-order valence-electron chi connectivity index (χ4n) is 3.63. The Bertz CT molecular complexity index is 657. The molecule has 0 unspecified atom stereocenters. The number of methoxy groups -OCH3 is 2. The minimum absolute atomic E-state index is 0.0131. The van der Waals surface area contributed by atoms with Crippen LogP contribution in [0.1, 0.15) is 46.9 Å². The Labute approximate surface area is 148 Å². The molecular formula is C19H25NO5. The third kappa shape index (κ3) is 4.00. The third-order valence-corrected chi connectivity index (χ3v) is 5.04. The van der Waals surface area contributed by atoms with E-state index in [4.69, 9.17) is 9.47 Å². The Morgan fingerprint density at radius 1 is 1.04 bits per heavy atom. The molecule has 0 saturated heterocycles. The van der Waals surface area contributed by atoms with Crippen LogP contribution in [0.15, 0.2) is 24.3 Å². The van der Waals surface area contributed by atoms with Crippen LogP contribution in [0.2, 0.25) is 0 Å². The van der Waals surface area contributed by atoms with Gasteiger partial charge in [0.05, 0.1) is 31.3 Å². The zero-order valence-corrected chi connectivity index (χ0v) is 15.2. The molecule has 0 N–H and O–H groups in total. The molecule has 0 aromatic heterocycles. The molecule has 1 aromatic carbocycles. The molecule has 1 saturated carbocycles. The summed E-state index contributed by atoms with van der Waals surface area (Å²) in [5, 5.41) is 0. The van der Waals surface area contributed by atoms with Crippen LogP contribution in [0, 0.1) is 11.8 Å². The molecule has 1 aliphatic rings. The highest BCUT2D eigenvalue weighted by molar-refractivity contribution is 6.05. The van der Waals surface area contributed by atoms with Crippen LogP contribution in [0.4, 0.5) is 0 Å². The Morgan fingerprint density at radius 3 is 2.24 bits per heavy atom. The van der Waals surface area contributed by atoms with Crippen molar-refractivity contribution in [2.45, 2.75) is 32.2 Å². The number of amides is 1. The van der Waals surface area contributed by atoms with Crippen molar-refractivity contribution in [2.75, 3.05) is 21.3 Å². The predicted octanol–water partition coefficient (Wildman–Crippen LogP) is 2.52. The van der Waals surface area contributed by atoms with Gasteiger partial charge in [0.25, 0.3) is 5.91 Å². The smallest absolute Gasteiger partial charge is 0.338 e. The van der Waals surface area contributed by atoms with Gasteiger partial charge in [-0.05, 0) is 37.3 Å². The monoisotopic (exact) mass is 347 g/mol. The first-order valence-corrected chi connectivity index (χ1v) is 8.43. The van der Waals surface area contributed by atoms with Crippen LogP contribution in [0.3, 0.4) is 0 Å². The number of esters is 2. The summed E-state index contributed by atoms with van der Waals surface area (Å²) in [5.74, 6) is -0.872. The summed E-state index contributed by atoms with van der Waals surface area (Å²) in [4.78, 5) is 38.3. The second-order valence-electron chi connectivity index (χ2n) is 6.53. The summed E-state index contributed by atoms with van der Waals surface area (Å²) in [6, 6.07) is 6.66. The predicted molar refractivity (Wildman–Crippen MR) is 92.2 cm³/mol. The lowest BCUT2D eigenvalue weighted by molar-refractivity contribution is -0.147. The average molecular weight is 347 g/mol. The van der Waals surface area contributed by atoms with Gasteiger partial charge in [0.1, 0.15) is 0 Å². The SMILES string of the molecule is COC(=O)c1ccccc1C(=O)N(C)[C@@H]1CC[C@@H](C(=O)OC)C[C@@H]1C. The standard InChI is InChI=1S/C19H25NO5/c1-12-11-13(18(22)24-3)9-10-16(12)20(2)17(21)14-7-5-6-8-15(14)19(23)25-4/h5-8,12-13,16H,9-11H2,1-4H3/t12-,13+,16+/m0/s1. The summed E-state index contributed by atoms with van der Waals surface area (Å²) < 4.78 is 9.60. The summed E-state index contributed by atoms with van der Waals surface area (Å²) in [6.07, 6.45) is 2.11. The largest absolute Gasteiger partial charge is 0.469 e. The van der Waals surface area contributed by atoms with E-state index in [0.717, 1.165) is 6.42 Å². The van der Waals surface area contributed by atoms with Crippen molar-refractivity contribution in [3.8, 4) is 0 Å². The molecule has 1 aromatic rings. The van der Waals surface area contributed by atoms with Crippen LogP contribution in [0.25, 0.3) is 0 Å². The lowest BCUT2D eigenvalue weighted by Crippen LogP contribution is -2.45. The van der Waals surface area contributed by atoms with Crippen molar-refractivity contribution in [3.05, 3.63) is 35.4 Å². The molecule has 3 atom stereocenters. The highest BCUT2D eigenvalue weighted by Crippen LogP contribution is 2.33. The van der Waals surface area contributed by atoms with Gasteiger partial charge in [-0.2, -0.15) is 0 Å². The summed E-state index contributed by atoms with van der Waals surface area (Å²) in [7, 11) is 4.44. The molecule has 0 bridgehead atoms. The summed E-state index contributed by atoms with van der Waals surface area (Å²) >= 11 is 0. The van der Waals surface area contributed by atoms with E-state index in [-0.39, 0.29) is 35.3 Å². The van der Waals surface area contributed by atoms with E-state index < -0.39 is 5.97 Å². The van der Waals surface area contributed by atoms with Gasteiger partial charge in [-0.15, -0.1) is 0 Å². The molecule has 2 rings (SSSR count). The van der Waals surface area contributed by atoms with Gasteiger partial charge in [0, 0.05) is 13.1 Å². The summed E-state index contributed by atoms with van der Waals surface area (Å²) in [5.41, 5.74) is 0.594. The maximum atomic E-state index is 12.9. The minimum Gasteiger partial charge on any atom is -0.469 e. The number of nitrogens with zero attached hydrogens (tertiary/aromatic N) is 1. The molecule has 0 spiro atoms. The highest BCUT2D eigenvalue weighted by Gasteiger charge is 2.36. The second kappa shape index (κ2) is 8.14.